The van der Waals surface area contributed by atoms with E-state index in [2.05, 4.69) is 5.32 Å². The molecule has 0 unspecified atom stereocenters. The van der Waals surface area contributed by atoms with Crippen molar-refractivity contribution >= 4 is 23.8 Å². The topological polar surface area (TPSA) is 69.6 Å². The van der Waals surface area contributed by atoms with Crippen molar-refractivity contribution in [3.63, 3.8) is 0 Å². The zero-order chi connectivity index (χ0) is 13.7. The van der Waals surface area contributed by atoms with Crippen LogP contribution in [-0.4, -0.2) is 46.2 Å². The van der Waals surface area contributed by atoms with E-state index in [4.69, 9.17) is 5.11 Å². The minimum absolute atomic E-state index is 0.142. The molecule has 102 valence electrons. The summed E-state index contributed by atoms with van der Waals surface area (Å²) in [6.45, 7) is 0.691. The number of nitrogens with one attached hydrogen (secondary N) is 1. The number of benzene rings is 1. The summed E-state index contributed by atoms with van der Waals surface area (Å²) < 4.78 is 0. The lowest BCUT2D eigenvalue weighted by Gasteiger charge is -2.22. The van der Waals surface area contributed by atoms with Crippen molar-refractivity contribution in [3.05, 3.63) is 35.9 Å². The molecule has 1 fully saturated rings. The lowest BCUT2D eigenvalue weighted by molar-refractivity contribution is -0.131. The number of nitrogens with zero attached hydrogens (tertiary/aromatic N) is 1. The lowest BCUT2D eigenvalue weighted by atomic mass is 10.1. The Morgan fingerprint density at radius 3 is 2.68 bits per heavy atom. The van der Waals surface area contributed by atoms with Gasteiger partial charge in [-0.3, -0.25) is 4.79 Å². The summed E-state index contributed by atoms with van der Waals surface area (Å²) in [6, 6.07) is 8.72. The van der Waals surface area contributed by atoms with Gasteiger partial charge in [0.25, 0.3) is 0 Å². The molecule has 2 amide bonds. The molecule has 0 saturated carbocycles. The Kier molecular flexibility index (Phi) is 4.68. The van der Waals surface area contributed by atoms with Gasteiger partial charge in [-0.2, -0.15) is 0 Å². The van der Waals surface area contributed by atoms with Crippen molar-refractivity contribution in [1.29, 1.82) is 0 Å². The van der Waals surface area contributed by atoms with Crippen molar-refractivity contribution in [2.45, 2.75) is 12.5 Å². The first kappa shape index (κ1) is 13.7. The summed E-state index contributed by atoms with van der Waals surface area (Å²) in [5.74, 6) is 1.42. The van der Waals surface area contributed by atoms with Crippen LogP contribution in [0.3, 0.4) is 0 Å². The molecule has 1 atom stereocenters. The number of carbonyl (C=O) groups is 2. The van der Waals surface area contributed by atoms with Crippen LogP contribution < -0.4 is 5.32 Å². The van der Waals surface area contributed by atoms with E-state index in [0.717, 1.165) is 11.3 Å². The molecule has 19 heavy (non-hydrogen) atoms. The molecule has 2 rings (SSSR count). The average molecular weight is 280 g/mol. The summed E-state index contributed by atoms with van der Waals surface area (Å²) in [4.78, 5) is 24.8. The third-order valence-corrected chi connectivity index (χ3v) is 3.91. The first-order valence-electron chi connectivity index (χ1n) is 6.07. The van der Waals surface area contributed by atoms with Crippen molar-refractivity contribution in [3.8, 4) is 0 Å². The van der Waals surface area contributed by atoms with Gasteiger partial charge in [-0.1, -0.05) is 30.3 Å². The predicted molar refractivity (Wildman–Crippen MR) is 74.1 cm³/mol. The van der Waals surface area contributed by atoms with Gasteiger partial charge in [0.1, 0.15) is 6.04 Å². The fraction of sp³-hybridized carbons (Fsp3) is 0.385. The summed E-state index contributed by atoms with van der Waals surface area (Å²) >= 11 is 1.68. The molecule has 1 aromatic carbocycles. The van der Waals surface area contributed by atoms with Crippen molar-refractivity contribution in [2.24, 2.45) is 0 Å². The fourth-order valence-corrected chi connectivity index (χ4v) is 2.96. The fourth-order valence-electron chi connectivity index (χ4n) is 2.01. The Balaban J connectivity index is 2.06. The monoisotopic (exact) mass is 280 g/mol. The van der Waals surface area contributed by atoms with Crippen LogP contribution in [0.4, 0.5) is 4.79 Å². The van der Waals surface area contributed by atoms with Crippen molar-refractivity contribution < 1.29 is 14.7 Å². The largest absolute Gasteiger partial charge is 0.465 e. The smallest absolute Gasteiger partial charge is 0.405 e. The van der Waals surface area contributed by atoms with E-state index in [9.17, 15) is 9.59 Å². The van der Waals surface area contributed by atoms with Gasteiger partial charge < -0.3 is 15.3 Å². The Labute approximate surface area is 116 Å². The van der Waals surface area contributed by atoms with E-state index in [1.165, 1.54) is 0 Å². The highest BCUT2D eigenvalue weighted by atomic mass is 32.2. The first-order valence-corrected chi connectivity index (χ1v) is 7.22. The van der Waals surface area contributed by atoms with Gasteiger partial charge in [-0.25, -0.2) is 4.79 Å². The molecule has 1 heterocycles. The zero-order valence-electron chi connectivity index (χ0n) is 10.4. The molecule has 0 radical (unpaired) electrons. The van der Waals surface area contributed by atoms with Gasteiger partial charge in [-0.15, -0.1) is 11.8 Å². The van der Waals surface area contributed by atoms with Gasteiger partial charge in [0, 0.05) is 18.7 Å². The number of carbonyl (C=O) groups excluding carboxylic acids is 1. The van der Waals surface area contributed by atoms with Crippen LogP contribution in [0.2, 0.25) is 0 Å². The van der Waals surface area contributed by atoms with E-state index in [1.54, 1.807) is 16.7 Å². The van der Waals surface area contributed by atoms with Crippen LogP contribution in [0.15, 0.2) is 30.3 Å². The van der Waals surface area contributed by atoms with Gasteiger partial charge in [0.15, 0.2) is 0 Å². The van der Waals surface area contributed by atoms with E-state index in [1.807, 2.05) is 30.3 Å². The minimum Gasteiger partial charge on any atom is -0.465 e. The average Bonchev–Trinajstić information content (AvgIpc) is 2.91. The number of thioether (sulfide) groups is 1. The van der Waals surface area contributed by atoms with Crippen molar-refractivity contribution in [2.75, 3.05) is 18.2 Å². The molecule has 6 heteroatoms. The summed E-state index contributed by atoms with van der Waals surface area (Å²) in [5, 5.41) is 11.2. The predicted octanol–water partition coefficient (Wildman–Crippen LogP) is 1.40. The van der Waals surface area contributed by atoms with Crippen LogP contribution in [0.5, 0.6) is 0 Å². The van der Waals surface area contributed by atoms with Gasteiger partial charge in [0.05, 0.1) is 5.88 Å². The Morgan fingerprint density at radius 2 is 2.11 bits per heavy atom. The molecule has 5 nitrogen and oxygen atoms in total. The summed E-state index contributed by atoms with van der Waals surface area (Å²) in [7, 11) is 0. The number of hydrogen-bond donors (Lipinski definition) is 2. The molecule has 1 aromatic rings. The highest BCUT2D eigenvalue weighted by molar-refractivity contribution is 7.99. The molecule has 2 N–H and O–H groups in total. The van der Waals surface area contributed by atoms with Crippen LogP contribution >= 0.6 is 11.8 Å². The molecule has 0 bridgehead atoms. The molecular weight excluding hydrogens is 264 g/mol. The summed E-state index contributed by atoms with van der Waals surface area (Å²) in [5.41, 5.74) is 0.946. The van der Waals surface area contributed by atoms with Gasteiger partial charge >= 0.3 is 6.09 Å². The maximum Gasteiger partial charge on any atom is 0.405 e. The highest BCUT2D eigenvalue weighted by Gasteiger charge is 2.28. The molecule has 0 spiro atoms. The Bertz CT molecular complexity index is 446. The third kappa shape index (κ3) is 3.89. The summed E-state index contributed by atoms with van der Waals surface area (Å²) in [6.07, 6.45) is -0.784. The molecule has 1 aliphatic heterocycles. The van der Waals surface area contributed by atoms with Crippen LogP contribution in [0, 0.1) is 0 Å². The quantitative estimate of drug-likeness (QED) is 0.874. The standard InChI is InChI=1S/C13H16N2O3S/c16-12(15-6-7-19-9-15)11(14-13(17)18)8-10-4-2-1-3-5-10/h1-5,11,14H,6-9H2,(H,17,18)/t11-/m0/s1. The number of amides is 2. The van der Waals surface area contributed by atoms with E-state index >= 15 is 0 Å². The van der Waals surface area contributed by atoms with E-state index in [-0.39, 0.29) is 5.91 Å². The van der Waals surface area contributed by atoms with E-state index < -0.39 is 12.1 Å². The normalized spacial score (nSPS) is 16.1. The van der Waals surface area contributed by atoms with E-state index in [0.29, 0.717) is 18.8 Å². The third-order valence-electron chi connectivity index (χ3n) is 2.94. The van der Waals surface area contributed by atoms with Gasteiger partial charge in [0.2, 0.25) is 5.91 Å². The second-order valence-corrected chi connectivity index (χ2v) is 5.41. The number of rotatable bonds is 4. The molecule has 0 aliphatic carbocycles. The van der Waals surface area contributed by atoms with Gasteiger partial charge in [-0.05, 0) is 5.56 Å². The molecule has 1 aliphatic rings. The SMILES string of the molecule is O=C(O)N[C@@H](Cc1ccccc1)C(=O)N1CCSC1. The maximum absolute atomic E-state index is 12.3. The number of carboxylic acid groups (broad SMARTS) is 1. The Morgan fingerprint density at radius 1 is 1.37 bits per heavy atom. The zero-order valence-corrected chi connectivity index (χ0v) is 11.2. The van der Waals surface area contributed by atoms with Crippen molar-refractivity contribution in [1.82, 2.24) is 10.2 Å². The van der Waals surface area contributed by atoms with Crippen LogP contribution in [0.25, 0.3) is 0 Å². The molecular formula is C13H16N2O3S. The maximum atomic E-state index is 12.3. The Hall–Kier alpha value is -1.69. The second-order valence-electron chi connectivity index (χ2n) is 4.33. The minimum atomic E-state index is -1.17. The van der Waals surface area contributed by atoms with Crippen LogP contribution in [0.1, 0.15) is 5.56 Å². The molecule has 1 saturated heterocycles. The lowest BCUT2D eigenvalue weighted by Crippen LogP contribution is -2.48. The second kappa shape index (κ2) is 6.47. The number of hydrogen-bond acceptors (Lipinski definition) is 3. The molecule has 0 aromatic heterocycles. The first-order chi connectivity index (χ1) is 9.16. The highest BCUT2D eigenvalue weighted by Crippen LogP contribution is 2.15. The van der Waals surface area contributed by atoms with Crippen LogP contribution in [-0.2, 0) is 11.2 Å².